The van der Waals surface area contributed by atoms with Crippen LogP contribution in [0, 0.1) is 11.3 Å². The predicted octanol–water partition coefficient (Wildman–Crippen LogP) is 1.61. The van der Waals surface area contributed by atoms with Crippen LogP contribution in [-0.4, -0.2) is 65.1 Å². The first kappa shape index (κ1) is 16.9. The Morgan fingerprint density at radius 3 is 2.21 bits per heavy atom. The maximum atomic E-state index is 5.21. The second kappa shape index (κ2) is 8.20. The van der Waals surface area contributed by atoms with Crippen molar-refractivity contribution in [3.8, 4) is 0 Å². The van der Waals surface area contributed by atoms with Crippen LogP contribution in [-0.2, 0) is 9.47 Å². The van der Waals surface area contributed by atoms with Crippen molar-refractivity contribution in [3.63, 3.8) is 0 Å². The van der Waals surface area contributed by atoms with Gasteiger partial charge in [-0.3, -0.25) is 4.90 Å². The zero-order chi connectivity index (χ0) is 14.3. The highest BCUT2D eigenvalue weighted by molar-refractivity contribution is 4.96. The van der Waals surface area contributed by atoms with Crippen LogP contribution in [0.5, 0.6) is 0 Å². The molecule has 4 nitrogen and oxygen atoms in total. The van der Waals surface area contributed by atoms with Crippen LogP contribution in [0.25, 0.3) is 0 Å². The summed E-state index contributed by atoms with van der Waals surface area (Å²) < 4.78 is 10.4. The molecule has 4 heteroatoms. The van der Waals surface area contributed by atoms with Crippen molar-refractivity contribution >= 4 is 0 Å². The average Bonchev–Trinajstić information content (AvgIpc) is 2.67. The lowest BCUT2D eigenvalue weighted by atomic mass is 9.85. The van der Waals surface area contributed by atoms with Gasteiger partial charge in [0.25, 0.3) is 0 Å². The van der Waals surface area contributed by atoms with Gasteiger partial charge in [0.05, 0.1) is 13.2 Å². The summed E-state index contributed by atoms with van der Waals surface area (Å²) >= 11 is 0. The third kappa shape index (κ3) is 5.03. The summed E-state index contributed by atoms with van der Waals surface area (Å²) in [5.74, 6) is 0.730. The molecule has 0 amide bonds. The van der Waals surface area contributed by atoms with Gasteiger partial charge >= 0.3 is 0 Å². The second-order valence-electron chi connectivity index (χ2n) is 6.34. The maximum absolute atomic E-state index is 5.21. The molecule has 2 atom stereocenters. The molecule has 0 aromatic heterocycles. The number of nitrogens with zero attached hydrogens (tertiary/aromatic N) is 1. The first-order valence-corrected chi connectivity index (χ1v) is 7.42. The second-order valence-corrected chi connectivity index (χ2v) is 6.34. The topological polar surface area (TPSA) is 33.7 Å². The van der Waals surface area contributed by atoms with Crippen LogP contribution in [0.4, 0.5) is 0 Å². The Kier molecular flexibility index (Phi) is 7.29. The van der Waals surface area contributed by atoms with E-state index in [4.69, 9.17) is 9.47 Å². The van der Waals surface area contributed by atoms with Gasteiger partial charge < -0.3 is 14.8 Å². The Morgan fingerprint density at radius 1 is 1.16 bits per heavy atom. The number of rotatable bonds is 9. The molecular weight excluding hydrogens is 240 g/mol. The molecule has 1 fully saturated rings. The third-order valence-corrected chi connectivity index (χ3v) is 4.50. The number of hydrogen-bond donors (Lipinski definition) is 1. The smallest absolute Gasteiger partial charge is 0.0589 e. The quantitative estimate of drug-likeness (QED) is 0.691. The molecule has 0 bridgehead atoms. The van der Waals surface area contributed by atoms with Crippen molar-refractivity contribution in [1.82, 2.24) is 10.2 Å². The molecule has 0 saturated heterocycles. The van der Waals surface area contributed by atoms with E-state index in [0.29, 0.717) is 11.5 Å². The normalized spacial score (nSPS) is 26.2. The van der Waals surface area contributed by atoms with Crippen molar-refractivity contribution in [2.24, 2.45) is 11.3 Å². The fourth-order valence-corrected chi connectivity index (χ4v) is 3.41. The van der Waals surface area contributed by atoms with Crippen LogP contribution in [0.3, 0.4) is 0 Å². The standard InChI is InChI=1S/C15H32N2O2/c1-15(2)7-6-13(14(15)16-3)12-17(8-10-18-4)9-11-19-5/h13-14,16H,6-12H2,1-5H3. The SMILES string of the molecule is CNC1C(CN(CCOC)CCOC)CCC1(C)C. The minimum Gasteiger partial charge on any atom is -0.383 e. The van der Waals surface area contributed by atoms with Crippen LogP contribution < -0.4 is 5.32 Å². The molecule has 114 valence electrons. The van der Waals surface area contributed by atoms with E-state index in [1.807, 2.05) is 0 Å². The maximum Gasteiger partial charge on any atom is 0.0589 e. The highest BCUT2D eigenvalue weighted by Gasteiger charge is 2.41. The summed E-state index contributed by atoms with van der Waals surface area (Å²) in [6, 6.07) is 0.611. The summed E-state index contributed by atoms with van der Waals surface area (Å²) in [5, 5.41) is 3.53. The first-order valence-electron chi connectivity index (χ1n) is 7.42. The fraction of sp³-hybridized carbons (Fsp3) is 1.00. The van der Waals surface area contributed by atoms with Gasteiger partial charge in [-0.15, -0.1) is 0 Å². The highest BCUT2D eigenvalue weighted by atomic mass is 16.5. The first-order chi connectivity index (χ1) is 9.05. The summed E-state index contributed by atoms with van der Waals surface area (Å²) in [4.78, 5) is 2.48. The van der Waals surface area contributed by atoms with Crippen molar-refractivity contribution in [3.05, 3.63) is 0 Å². The molecule has 0 radical (unpaired) electrons. The van der Waals surface area contributed by atoms with E-state index in [1.54, 1.807) is 14.2 Å². The molecule has 0 aliphatic heterocycles. The van der Waals surface area contributed by atoms with E-state index in [2.05, 4.69) is 31.1 Å². The van der Waals surface area contributed by atoms with Crippen molar-refractivity contribution < 1.29 is 9.47 Å². The fourth-order valence-electron chi connectivity index (χ4n) is 3.41. The lowest BCUT2D eigenvalue weighted by Gasteiger charge is -2.33. The number of hydrogen-bond acceptors (Lipinski definition) is 4. The molecule has 19 heavy (non-hydrogen) atoms. The van der Waals surface area contributed by atoms with E-state index in [0.717, 1.165) is 38.8 Å². The Bertz CT molecular complexity index is 238. The van der Waals surface area contributed by atoms with Crippen LogP contribution >= 0.6 is 0 Å². The zero-order valence-electron chi connectivity index (χ0n) is 13.4. The Morgan fingerprint density at radius 2 is 1.74 bits per heavy atom. The highest BCUT2D eigenvalue weighted by Crippen LogP contribution is 2.41. The molecule has 0 heterocycles. The predicted molar refractivity (Wildman–Crippen MR) is 79.5 cm³/mol. The van der Waals surface area contributed by atoms with Gasteiger partial charge in [-0.2, -0.15) is 0 Å². The molecule has 1 rings (SSSR count). The Labute approximate surface area is 118 Å². The lowest BCUT2D eigenvalue weighted by Crippen LogP contribution is -2.45. The molecule has 0 spiro atoms. The van der Waals surface area contributed by atoms with Gasteiger partial charge in [-0.25, -0.2) is 0 Å². The van der Waals surface area contributed by atoms with E-state index in [-0.39, 0.29) is 0 Å². The number of ether oxygens (including phenoxy) is 2. The van der Waals surface area contributed by atoms with E-state index >= 15 is 0 Å². The molecular formula is C15H32N2O2. The largest absolute Gasteiger partial charge is 0.383 e. The van der Waals surface area contributed by atoms with Crippen molar-refractivity contribution in [2.45, 2.75) is 32.7 Å². The van der Waals surface area contributed by atoms with Crippen LogP contribution in [0.1, 0.15) is 26.7 Å². The zero-order valence-corrected chi connectivity index (χ0v) is 13.4. The summed E-state index contributed by atoms with van der Waals surface area (Å²) in [7, 11) is 5.63. The summed E-state index contributed by atoms with van der Waals surface area (Å²) in [6.45, 7) is 9.47. The number of methoxy groups -OCH3 is 2. The molecule has 1 N–H and O–H groups in total. The lowest BCUT2D eigenvalue weighted by molar-refractivity contribution is 0.0977. The minimum atomic E-state index is 0.410. The Hall–Kier alpha value is -0.160. The summed E-state index contributed by atoms with van der Waals surface area (Å²) in [6.07, 6.45) is 2.63. The van der Waals surface area contributed by atoms with Gasteiger partial charge in [0.2, 0.25) is 0 Å². The van der Waals surface area contributed by atoms with Gasteiger partial charge in [-0.1, -0.05) is 13.8 Å². The minimum absolute atomic E-state index is 0.410. The summed E-state index contributed by atoms with van der Waals surface area (Å²) in [5.41, 5.74) is 0.410. The molecule has 1 aliphatic rings. The van der Waals surface area contributed by atoms with Crippen LogP contribution in [0.2, 0.25) is 0 Å². The molecule has 1 aliphatic carbocycles. The van der Waals surface area contributed by atoms with Gasteiger partial charge in [0.1, 0.15) is 0 Å². The van der Waals surface area contributed by atoms with E-state index < -0.39 is 0 Å². The monoisotopic (exact) mass is 272 g/mol. The van der Waals surface area contributed by atoms with Crippen LogP contribution in [0.15, 0.2) is 0 Å². The van der Waals surface area contributed by atoms with Crippen molar-refractivity contribution in [2.75, 3.05) is 54.1 Å². The van der Waals surface area contributed by atoms with E-state index in [9.17, 15) is 0 Å². The number of nitrogens with one attached hydrogen (secondary N) is 1. The van der Waals surface area contributed by atoms with Gasteiger partial charge in [0.15, 0.2) is 0 Å². The van der Waals surface area contributed by atoms with E-state index in [1.165, 1.54) is 12.8 Å². The third-order valence-electron chi connectivity index (χ3n) is 4.50. The van der Waals surface area contributed by atoms with Gasteiger partial charge in [-0.05, 0) is 31.2 Å². The average molecular weight is 272 g/mol. The molecule has 0 aromatic rings. The Balaban J connectivity index is 2.52. The molecule has 2 unspecified atom stereocenters. The van der Waals surface area contributed by atoms with Crippen molar-refractivity contribution in [1.29, 1.82) is 0 Å². The van der Waals surface area contributed by atoms with Gasteiger partial charge in [0, 0.05) is 39.9 Å². The molecule has 0 aromatic carbocycles. The molecule has 1 saturated carbocycles.